The first-order chi connectivity index (χ1) is 9.90. The van der Waals surface area contributed by atoms with Crippen molar-refractivity contribution in [2.75, 3.05) is 6.54 Å². The van der Waals surface area contributed by atoms with Crippen LogP contribution >= 0.6 is 0 Å². The van der Waals surface area contributed by atoms with Gasteiger partial charge in [0.05, 0.1) is 11.4 Å². The number of carbonyl (C=O) groups is 2. The topological polar surface area (TPSA) is 97.1 Å². The van der Waals surface area contributed by atoms with Crippen LogP contribution in [0.2, 0.25) is 0 Å². The summed E-state index contributed by atoms with van der Waals surface area (Å²) >= 11 is 0. The first-order valence-corrected chi connectivity index (χ1v) is 6.40. The van der Waals surface area contributed by atoms with Crippen LogP contribution in [0, 0.1) is 20.8 Å². The Kier molecular flexibility index (Phi) is 4.02. The Morgan fingerprint density at radius 1 is 1.24 bits per heavy atom. The van der Waals surface area contributed by atoms with Crippen LogP contribution in [-0.4, -0.2) is 38.5 Å². The summed E-state index contributed by atoms with van der Waals surface area (Å²) in [6, 6.07) is 5.81. The van der Waals surface area contributed by atoms with Gasteiger partial charge in [-0.3, -0.25) is 9.59 Å². The second kappa shape index (κ2) is 5.74. The standard InChI is InChI=1S/C14H16N4O3/c1-8-4-5-11(6-9(8)2)18-10(3)13(16-17-18)14(21)15-7-12(19)20/h4-6H,7H2,1-3H3,(H,15,21)(H,19,20). The quantitative estimate of drug-likeness (QED) is 0.875. The van der Waals surface area contributed by atoms with Gasteiger partial charge in [0.2, 0.25) is 0 Å². The fraction of sp³-hybridized carbons (Fsp3) is 0.286. The van der Waals surface area contributed by atoms with Crippen LogP contribution in [0.1, 0.15) is 27.3 Å². The monoisotopic (exact) mass is 288 g/mol. The highest BCUT2D eigenvalue weighted by molar-refractivity contribution is 5.94. The lowest BCUT2D eigenvalue weighted by Crippen LogP contribution is -2.30. The largest absolute Gasteiger partial charge is 0.480 e. The van der Waals surface area contributed by atoms with E-state index in [-0.39, 0.29) is 5.69 Å². The molecule has 0 unspecified atom stereocenters. The average Bonchev–Trinajstić information content (AvgIpc) is 2.81. The van der Waals surface area contributed by atoms with Gasteiger partial charge in [0.25, 0.3) is 5.91 Å². The van der Waals surface area contributed by atoms with E-state index >= 15 is 0 Å². The number of rotatable bonds is 4. The third-order valence-electron chi connectivity index (χ3n) is 3.24. The van der Waals surface area contributed by atoms with Gasteiger partial charge >= 0.3 is 5.97 Å². The molecule has 1 amide bonds. The van der Waals surface area contributed by atoms with Crippen LogP contribution in [0.15, 0.2) is 18.2 Å². The summed E-state index contributed by atoms with van der Waals surface area (Å²) in [6.45, 7) is 5.27. The van der Waals surface area contributed by atoms with Crippen molar-refractivity contribution in [3.05, 3.63) is 40.7 Å². The third kappa shape index (κ3) is 3.07. The molecule has 2 N–H and O–H groups in total. The molecule has 1 heterocycles. The molecule has 21 heavy (non-hydrogen) atoms. The second-order valence-corrected chi connectivity index (χ2v) is 4.78. The van der Waals surface area contributed by atoms with Crippen LogP contribution < -0.4 is 5.32 Å². The number of aromatic nitrogens is 3. The number of hydrogen-bond donors (Lipinski definition) is 2. The van der Waals surface area contributed by atoms with Crippen molar-refractivity contribution in [1.29, 1.82) is 0 Å². The van der Waals surface area contributed by atoms with E-state index in [2.05, 4.69) is 15.6 Å². The number of nitrogens with one attached hydrogen (secondary N) is 1. The van der Waals surface area contributed by atoms with E-state index in [1.165, 1.54) is 0 Å². The molecule has 0 radical (unpaired) electrons. The van der Waals surface area contributed by atoms with Crippen molar-refractivity contribution in [2.45, 2.75) is 20.8 Å². The van der Waals surface area contributed by atoms with E-state index in [1.54, 1.807) is 11.6 Å². The Morgan fingerprint density at radius 2 is 1.95 bits per heavy atom. The van der Waals surface area contributed by atoms with Crippen LogP contribution in [0.25, 0.3) is 5.69 Å². The molecular formula is C14H16N4O3. The molecule has 0 saturated carbocycles. The van der Waals surface area contributed by atoms with Crippen LogP contribution in [0.3, 0.4) is 0 Å². The van der Waals surface area contributed by atoms with Crippen molar-refractivity contribution in [3.8, 4) is 5.69 Å². The molecular weight excluding hydrogens is 272 g/mol. The average molecular weight is 288 g/mol. The van der Waals surface area contributed by atoms with E-state index in [9.17, 15) is 9.59 Å². The lowest BCUT2D eigenvalue weighted by atomic mass is 10.1. The van der Waals surface area contributed by atoms with Crippen molar-refractivity contribution < 1.29 is 14.7 Å². The van der Waals surface area contributed by atoms with E-state index in [1.807, 2.05) is 32.0 Å². The molecule has 0 atom stereocenters. The van der Waals surface area contributed by atoms with Crippen molar-refractivity contribution in [2.24, 2.45) is 0 Å². The van der Waals surface area contributed by atoms with Gasteiger partial charge in [-0.05, 0) is 44.0 Å². The summed E-state index contributed by atoms with van der Waals surface area (Å²) in [5.41, 5.74) is 3.76. The lowest BCUT2D eigenvalue weighted by Gasteiger charge is -2.06. The van der Waals surface area contributed by atoms with E-state index in [4.69, 9.17) is 5.11 Å². The Balaban J connectivity index is 2.29. The Bertz CT molecular complexity index is 706. The van der Waals surface area contributed by atoms with Gasteiger partial charge in [0.15, 0.2) is 5.69 Å². The van der Waals surface area contributed by atoms with Crippen molar-refractivity contribution in [1.82, 2.24) is 20.3 Å². The molecule has 7 heteroatoms. The minimum absolute atomic E-state index is 0.120. The molecule has 0 aliphatic heterocycles. The minimum atomic E-state index is -1.11. The van der Waals surface area contributed by atoms with Gasteiger partial charge in [-0.1, -0.05) is 11.3 Å². The molecule has 7 nitrogen and oxygen atoms in total. The molecule has 0 bridgehead atoms. The summed E-state index contributed by atoms with van der Waals surface area (Å²) in [4.78, 5) is 22.3. The summed E-state index contributed by atoms with van der Waals surface area (Å²) in [5.74, 6) is -1.66. The number of amides is 1. The van der Waals surface area contributed by atoms with Crippen LogP contribution in [0.5, 0.6) is 0 Å². The van der Waals surface area contributed by atoms with E-state index in [0.29, 0.717) is 5.69 Å². The third-order valence-corrected chi connectivity index (χ3v) is 3.24. The number of carboxylic acids is 1. The highest BCUT2D eigenvalue weighted by Crippen LogP contribution is 2.16. The summed E-state index contributed by atoms with van der Waals surface area (Å²) in [7, 11) is 0. The number of benzene rings is 1. The molecule has 0 aliphatic carbocycles. The minimum Gasteiger partial charge on any atom is -0.480 e. The Hall–Kier alpha value is -2.70. The molecule has 2 rings (SSSR count). The number of hydrogen-bond acceptors (Lipinski definition) is 4. The first kappa shape index (κ1) is 14.7. The van der Waals surface area contributed by atoms with Gasteiger partial charge in [-0.25, -0.2) is 4.68 Å². The SMILES string of the molecule is Cc1ccc(-n2nnc(C(=O)NCC(=O)O)c2C)cc1C. The number of aliphatic carboxylic acids is 1. The van der Waals surface area contributed by atoms with Crippen LogP contribution in [0.4, 0.5) is 0 Å². The smallest absolute Gasteiger partial charge is 0.322 e. The second-order valence-electron chi connectivity index (χ2n) is 4.78. The zero-order chi connectivity index (χ0) is 15.6. The van der Waals surface area contributed by atoms with Gasteiger partial charge in [-0.15, -0.1) is 5.10 Å². The molecule has 1 aromatic heterocycles. The maximum Gasteiger partial charge on any atom is 0.322 e. The highest BCUT2D eigenvalue weighted by Gasteiger charge is 2.17. The van der Waals surface area contributed by atoms with E-state index < -0.39 is 18.4 Å². The molecule has 1 aromatic carbocycles. The highest BCUT2D eigenvalue weighted by atomic mass is 16.4. The van der Waals surface area contributed by atoms with Crippen LogP contribution in [-0.2, 0) is 4.79 Å². The molecule has 0 aliphatic rings. The number of carbonyl (C=O) groups excluding carboxylic acids is 1. The number of aryl methyl sites for hydroxylation is 2. The molecule has 0 spiro atoms. The summed E-state index contributed by atoms with van der Waals surface area (Å²) in [5, 5.41) is 18.6. The predicted octanol–water partition coefficient (Wildman–Crippen LogP) is 1.01. The van der Waals surface area contributed by atoms with Gasteiger partial charge in [-0.2, -0.15) is 0 Å². The van der Waals surface area contributed by atoms with Crippen molar-refractivity contribution in [3.63, 3.8) is 0 Å². The van der Waals surface area contributed by atoms with E-state index in [0.717, 1.165) is 16.8 Å². The number of nitrogens with zero attached hydrogens (tertiary/aromatic N) is 3. The lowest BCUT2D eigenvalue weighted by molar-refractivity contribution is -0.135. The van der Waals surface area contributed by atoms with Gasteiger partial charge in [0.1, 0.15) is 6.54 Å². The molecule has 110 valence electrons. The maximum atomic E-state index is 11.8. The van der Waals surface area contributed by atoms with Gasteiger partial charge in [0, 0.05) is 0 Å². The summed E-state index contributed by atoms with van der Waals surface area (Å²) in [6.07, 6.45) is 0. The summed E-state index contributed by atoms with van der Waals surface area (Å²) < 4.78 is 1.56. The Morgan fingerprint density at radius 3 is 2.57 bits per heavy atom. The fourth-order valence-electron chi connectivity index (χ4n) is 1.88. The predicted molar refractivity (Wildman–Crippen MR) is 75.5 cm³/mol. The molecule has 2 aromatic rings. The normalized spacial score (nSPS) is 10.4. The maximum absolute atomic E-state index is 11.8. The first-order valence-electron chi connectivity index (χ1n) is 6.40. The van der Waals surface area contributed by atoms with Crippen molar-refractivity contribution >= 4 is 11.9 Å². The zero-order valence-corrected chi connectivity index (χ0v) is 12.0. The molecule has 0 saturated heterocycles. The Labute approximate surface area is 121 Å². The van der Waals surface area contributed by atoms with Gasteiger partial charge < -0.3 is 10.4 Å². The zero-order valence-electron chi connectivity index (χ0n) is 12.0. The fourth-order valence-corrected chi connectivity index (χ4v) is 1.88. The molecule has 0 fully saturated rings. The number of carboxylic acid groups (broad SMARTS) is 1.